The number of carbonyl (C=O) groups excluding carboxylic acids is 1. The summed E-state index contributed by atoms with van der Waals surface area (Å²) in [6.07, 6.45) is 4.43. The minimum absolute atomic E-state index is 0.0371. The van der Waals surface area contributed by atoms with Crippen molar-refractivity contribution >= 4 is 11.9 Å². The molecule has 0 heterocycles. The van der Waals surface area contributed by atoms with Crippen molar-refractivity contribution in [2.75, 3.05) is 0 Å². The molecule has 0 spiro atoms. The third-order valence-electron chi connectivity index (χ3n) is 5.60. The van der Waals surface area contributed by atoms with Gasteiger partial charge in [0.2, 0.25) is 0 Å². The third-order valence-corrected chi connectivity index (χ3v) is 5.60. The van der Waals surface area contributed by atoms with Crippen LogP contribution in [0.15, 0.2) is 18.2 Å². The first-order chi connectivity index (χ1) is 10.5. The molecule has 4 atom stereocenters. The van der Waals surface area contributed by atoms with Gasteiger partial charge in [-0.15, -0.1) is 0 Å². The highest BCUT2D eigenvalue weighted by atomic mass is 16.5. The van der Waals surface area contributed by atoms with Crippen molar-refractivity contribution in [1.29, 1.82) is 0 Å². The summed E-state index contributed by atoms with van der Waals surface area (Å²) in [6.45, 7) is 0. The van der Waals surface area contributed by atoms with Crippen molar-refractivity contribution in [2.45, 2.75) is 37.6 Å². The maximum Gasteiger partial charge on any atom is 0.331 e. The summed E-state index contributed by atoms with van der Waals surface area (Å²) in [4.78, 5) is 23.7. The molecule has 0 amide bonds. The van der Waals surface area contributed by atoms with Crippen molar-refractivity contribution in [3.8, 4) is 5.75 Å². The van der Waals surface area contributed by atoms with Crippen LogP contribution in [0.4, 0.5) is 0 Å². The number of aryl methyl sites for hydroxylation is 2. The summed E-state index contributed by atoms with van der Waals surface area (Å²) in [7, 11) is 0. The van der Waals surface area contributed by atoms with Crippen molar-refractivity contribution in [1.82, 2.24) is 0 Å². The van der Waals surface area contributed by atoms with Crippen molar-refractivity contribution in [3.63, 3.8) is 0 Å². The lowest BCUT2D eigenvalue weighted by atomic mass is 9.91. The second kappa shape index (κ2) is 4.56. The van der Waals surface area contributed by atoms with Crippen LogP contribution in [0, 0.1) is 17.8 Å². The number of benzene rings is 1. The standard InChI is InChI=1S/C17H19NO4/c18-17(7-6-12-13(14(12)17)15(19)20)16(21)22-11-5-4-9-2-1-3-10(9)8-11/h4-5,8,12-14H,1-3,6-7,18H2,(H,19,20)/t12-,13-,14-,17-/m0/s1. The van der Waals surface area contributed by atoms with E-state index in [0.717, 1.165) is 19.3 Å². The van der Waals surface area contributed by atoms with Crippen LogP contribution >= 0.6 is 0 Å². The topological polar surface area (TPSA) is 89.6 Å². The van der Waals surface area contributed by atoms with E-state index in [-0.39, 0.29) is 11.8 Å². The van der Waals surface area contributed by atoms with Crippen LogP contribution in [-0.2, 0) is 22.4 Å². The van der Waals surface area contributed by atoms with Crippen molar-refractivity contribution < 1.29 is 19.4 Å². The smallest absolute Gasteiger partial charge is 0.331 e. The number of fused-ring (bicyclic) bond motifs is 2. The fraction of sp³-hybridized carbons (Fsp3) is 0.529. The van der Waals surface area contributed by atoms with E-state index >= 15 is 0 Å². The third kappa shape index (κ3) is 1.88. The van der Waals surface area contributed by atoms with Gasteiger partial charge in [-0.25, -0.2) is 4.79 Å². The van der Waals surface area contributed by atoms with Crippen LogP contribution in [0.3, 0.4) is 0 Å². The van der Waals surface area contributed by atoms with Crippen LogP contribution in [-0.4, -0.2) is 22.6 Å². The zero-order valence-corrected chi connectivity index (χ0v) is 12.2. The highest BCUT2D eigenvalue weighted by Crippen LogP contribution is 2.61. The number of nitrogens with two attached hydrogens (primary N) is 1. The average Bonchev–Trinajstić information content (AvgIpc) is 2.87. The number of rotatable bonds is 3. The fourth-order valence-electron chi connectivity index (χ4n) is 4.40. The van der Waals surface area contributed by atoms with E-state index in [1.54, 1.807) is 6.07 Å². The molecule has 1 aromatic rings. The number of ether oxygens (including phenoxy) is 1. The summed E-state index contributed by atoms with van der Waals surface area (Å²) in [5, 5.41) is 9.16. The van der Waals surface area contributed by atoms with E-state index in [1.807, 2.05) is 12.1 Å². The SMILES string of the molecule is N[C@@]1(C(=O)Oc2ccc3c(c2)CCC3)CC[C@H]2[C@H](C(=O)O)[C@H]21. The molecule has 0 bridgehead atoms. The number of carboxylic acids is 1. The number of hydrogen-bond donors (Lipinski definition) is 2. The Morgan fingerprint density at radius 1 is 1.27 bits per heavy atom. The molecule has 0 aliphatic heterocycles. The Morgan fingerprint density at radius 3 is 2.77 bits per heavy atom. The van der Waals surface area contributed by atoms with Gasteiger partial charge in [-0.2, -0.15) is 0 Å². The Morgan fingerprint density at radius 2 is 2.05 bits per heavy atom. The minimum atomic E-state index is -1.15. The molecule has 116 valence electrons. The van der Waals surface area contributed by atoms with Gasteiger partial charge < -0.3 is 15.6 Å². The molecule has 22 heavy (non-hydrogen) atoms. The van der Waals surface area contributed by atoms with E-state index in [4.69, 9.17) is 15.6 Å². The van der Waals surface area contributed by atoms with E-state index in [0.29, 0.717) is 18.6 Å². The van der Waals surface area contributed by atoms with Gasteiger partial charge in [0.25, 0.3) is 0 Å². The predicted octanol–water partition coefficient (Wildman–Crippen LogP) is 1.52. The summed E-state index contributed by atoms with van der Waals surface area (Å²) in [5.41, 5.74) is 7.64. The summed E-state index contributed by atoms with van der Waals surface area (Å²) in [6, 6.07) is 5.72. The van der Waals surface area contributed by atoms with E-state index < -0.39 is 23.4 Å². The zero-order chi connectivity index (χ0) is 15.5. The van der Waals surface area contributed by atoms with Crippen LogP contribution in [0.5, 0.6) is 5.75 Å². The summed E-state index contributed by atoms with van der Waals surface area (Å²) < 4.78 is 5.49. The molecule has 2 fully saturated rings. The highest BCUT2D eigenvalue weighted by molar-refractivity contribution is 5.87. The minimum Gasteiger partial charge on any atom is -0.481 e. The van der Waals surface area contributed by atoms with Gasteiger partial charge in [-0.3, -0.25) is 4.79 Å². The van der Waals surface area contributed by atoms with E-state index in [9.17, 15) is 9.59 Å². The number of carbonyl (C=O) groups is 2. The molecule has 5 heteroatoms. The van der Waals surface area contributed by atoms with Crippen LogP contribution in [0.2, 0.25) is 0 Å². The second-order valence-electron chi connectivity index (χ2n) is 6.81. The molecule has 0 saturated heterocycles. The highest BCUT2D eigenvalue weighted by Gasteiger charge is 2.70. The Labute approximate surface area is 128 Å². The van der Waals surface area contributed by atoms with Crippen LogP contribution in [0.1, 0.15) is 30.4 Å². The molecule has 3 aliphatic carbocycles. The number of carboxylic acid groups (broad SMARTS) is 1. The Kier molecular flexibility index (Phi) is 2.85. The van der Waals surface area contributed by atoms with Crippen molar-refractivity contribution in [2.24, 2.45) is 23.5 Å². The lowest BCUT2D eigenvalue weighted by molar-refractivity contribution is -0.143. The summed E-state index contributed by atoms with van der Waals surface area (Å²) >= 11 is 0. The monoisotopic (exact) mass is 301 g/mol. The average molecular weight is 301 g/mol. The molecule has 3 aliphatic rings. The van der Waals surface area contributed by atoms with Gasteiger partial charge in [-0.1, -0.05) is 6.07 Å². The normalized spacial score (nSPS) is 34.9. The van der Waals surface area contributed by atoms with Gasteiger partial charge in [0.15, 0.2) is 0 Å². The molecule has 0 unspecified atom stereocenters. The number of esters is 1. The van der Waals surface area contributed by atoms with Crippen LogP contribution < -0.4 is 10.5 Å². The van der Waals surface area contributed by atoms with Crippen molar-refractivity contribution in [3.05, 3.63) is 29.3 Å². The fourth-order valence-corrected chi connectivity index (χ4v) is 4.40. The summed E-state index contributed by atoms with van der Waals surface area (Å²) in [5.74, 6) is -1.53. The second-order valence-corrected chi connectivity index (χ2v) is 6.81. The first-order valence-electron chi connectivity index (χ1n) is 7.86. The lowest BCUT2D eigenvalue weighted by Crippen LogP contribution is -2.51. The van der Waals surface area contributed by atoms with E-state index in [2.05, 4.69) is 0 Å². The predicted molar refractivity (Wildman–Crippen MR) is 78.4 cm³/mol. The number of hydrogen-bond acceptors (Lipinski definition) is 4. The van der Waals surface area contributed by atoms with Crippen LogP contribution in [0.25, 0.3) is 0 Å². The first kappa shape index (κ1) is 13.8. The largest absolute Gasteiger partial charge is 0.481 e. The first-order valence-corrected chi connectivity index (χ1v) is 7.86. The Balaban J connectivity index is 1.52. The molecule has 1 aromatic carbocycles. The van der Waals surface area contributed by atoms with Gasteiger partial charge in [0.05, 0.1) is 5.92 Å². The lowest BCUT2D eigenvalue weighted by Gasteiger charge is -2.24. The van der Waals surface area contributed by atoms with E-state index in [1.165, 1.54) is 11.1 Å². The maximum absolute atomic E-state index is 12.5. The quantitative estimate of drug-likeness (QED) is 0.652. The molecule has 2 saturated carbocycles. The number of aliphatic carboxylic acids is 1. The maximum atomic E-state index is 12.5. The Bertz CT molecular complexity index is 671. The van der Waals surface area contributed by atoms with Gasteiger partial charge in [0, 0.05) is 5.92 Å². The molecule has 4 rings (SSSR count). The molecule has 0 aromatic heterocycles. The van der Waals surface area contributed by atoms with Gasteiger partial charge in [-0.05, 0) is 61.3 Å². The molecular formula is C17H19NO4. The molecule has 0 radical (unpaired) electrons. The Hall–Kier alpha value is -1.88. The molecule has 5 nitrogen and oxygen atoms in total. The zero-order valence-electron chi connectivity index (χ0n) is 12.2. The van der Waals surface area contributed by atoms with Gasteiger partial charge >= 0.3 is 11.9 Å². The molecular weight excluding hydrogens is 282 g/mol. The molecule has 3 N–H and O–H groups in total. The van der Waals surface area contributed by atoms with Gasteiger partial charge in [0.1, 0.15) is 11.3 Å².